The average Bonchev–Trinajstić information content (AvgIpc) is 3.28. The Bertz CT molecular complexity index is 602. The number of carbonyl (C=O) groups is 4. The van der Waals surface area contributed by atoms with E-state index in [0.717, 1.165) is 13.0 Å². The Morgan fingerprint density at radius 1 is 1.06 bits per heavy atom. The van der Waals surface area contributed by atoms with Crippen molar-refractivity contribution < 1.29 is 29.4 Å². The standard InChI is InChI=1S/C19H35N5O6S/c1-31-10-7-13(22-16(26)12-6-4-9-21-12)17(27)24-15(11-25)18(28)23-14(19(29)30)5-2-3-8-20/h12-15,21,25H,2-11,20H2,1H3,(H,22,26)(H,23,28)(H,24,27)(H,29,30). The van der Waals surface area contributed by atoms with E-state index in [9.17, 15) is 29.4 Å². The Balaban J connectivity index is 2.71. The minimum atomic E-state index is -1.33. The SMILES string of the molecule is CSCCC(NC(=O)C1CCCN1)C(=O)NC(CO)C(=O)NC(CCCCN)C(=O)O. The minimum absolute atomic E-state index is 0.186. The monoisotopic (exact) mass is 461 g/mol. The molecule has 11 nitrogen and oxygen atoms in total. The van der Waals surface area contributed by atoms with Crippen molar-refractivity contribution in [2.45, 2.75) is 62.7 Å². The van der Waals surface area contributed by atoms with Gasteiger partial charge in [0.15, 0.2) is 0 Å². The molecule has 0 saturated carbocycles. The molecule has 0 radical (unpaired) electrons. The van der Waals surface area contributed by atoms with Crippen LogP contribution >= 0.6 is 11.8 Å². The zero-order valence-corrected chi connectivity index (χ0v) is 18.7. The normalized spacial score (nSPS) is 18.6. The Morgan fingerprint density at radius 2 is 1.74 bits per heavy atom. The summed E-state index contributed by atoms with van der Waals surface area (Å²) < 4.78 is 0. The molecule has 1 aliphatic rings. The van der Waals surface area contributed by atoms with Crippen LogP contribution in [0.3, 0.4) is 0 Å². The van der Waals surface area contributed by atoms with Gasteiger partial charge < -0.3 is 37.2 Å². The summed E-state index contributed by atoms with van der Waals surface area (Å²) in [6.07, 6.45) is 5.10. The van der Waals surface area contributed by atoms with Crippen molar-refractivity contribution in [2.75, 3.05) is 31.7 Å². The van der Waals surface area contributed by atoms with E-state index in [1.54, 1.807) is 0 Å². The molecule has 8 N–H and O–H groups in total. The molecule has 1 heterocycles. The summed E-state index contributed by atoms with van der Waals surface area (Å²) >= 11 is 1.51. The number of carboxylic acid groups (broad SMARTS) is 1. The van der Waals surface area contributed by atoms with Gasteiger partial charge in [-0.2, -0.15) is 11.8 Å². The van der Waals surface area contributed by atoms with E-state index >= 15 is 0 Å². The second-order valence-electron chi connectivity index (χ2n) is 7.42. The van der Waals surface area contributed by atoms with Crippen molar-refractivity contribution in [1.82, 2.24) is 21.3 Å². The van der Waals surface area contributed by atoms with Gasteiger partial charge >= 0.3 is 5.97 Å². The largest absolute Gasteiger partial charge is 0.480 e. The molecule has 0 aromatic rings. The predicted octanol–water partition coefficient (Wildman–Crippen LogP) is -1.85. The summed E-state index contributed by atoms with van der Waals surface area (Å²) in [5.74, 6) is -2.29. The van der Waals surface area contributed by atoms with Crippen LogP contribution in [0.1, 0.15) is 38.5 Å². The van der Waals surface area contributed by atoms with Gasteiger partial charge in [0, 0.05) is 0 Å². The van der Waals surface area contributed by atoms with Crippen LogP contribution in [0.5, 0.6) is 0 Å². The molecule has 4 atom stereocenters. The highest BCUT2D eigenvalue weighted by atomic mass is 32.2. The maximum atomic E-state index is 12.7. The second kappa shape index (κ2) is 15.0. The lowest BCUT2D eigenvalue weighted by molar-refractivity contribution is -0.142. The number of carbonyl (C=O) groups excluding carboxylic acids is 3. The number of hydrogen-bond donors (Lipinski definition) is 7. The fraction of sp³-hybridized carbons (Fsp3) is 0.789. The lowest BCUT2D eigenvalue weighted by Crippen LogP contribution is -2.58. The molecule has 1 fully saturated rings. The third-order valence-corrected chi connectivity index (χ3v) is 5.64. The molecule has 0 spiro atoms. The molecule has 0 aromatic carbocycles. The maximum Gasteiger partial charge on any atom is 0.326 e. The van der Waals surface area contributed by atoms with E-state index in [1.165, 1.54) is 11.8 Å². The summed E-state index contributed by atoms with van der Waals surface area (Å²) in [6.45, 7) is 0.442. The first-order valence-corrected chi connectivity index (χ1v) is 11.9. The van der Waals surface area contributed by atoms with Crippen molar-refractivity contribution >= 4 is 35.5 Å². The fourth-order valence-electron chi connectivity index (χ4n) is 3.17. The lowest BCUT2D eigenvalue weighted by atomic mass is 10.1. The van der Waals surface area contributed by atoms with Crippen LogP contribution in [-0.2, 0) is 19.2 Å². The van der Waals surface area contributed by atoms with Gasteiger partial charge in [0.05, 0.1) is 12.6 Å². The van der Waals surface area contributed by atoms with Crippen molar-refractivity contribution in [2.24, 2.45) is 5.73 Å². The van der Waals surface area contributed by atoms with Gasteiger partial charge in [-0.25, -0.2) is 4.79 Å². The first kappa shape index (κ1) is 27.1. The minimum Gasteiger partial charge on any atom is -0.480 e. The first-order valence-electron chi connectivity index (χ1n) is 10.5. The fourth-order valence-corrected chi connectivity index (χ4v) is 3.65. The molecule has 0 aromatic heterocycles. The predicted molar refractivity (Wildman–Crippen MR) is 117 cm³/mol. The molecule has 3 amide bonds. The van der Waals surface area contributed by atoms with Gasteiger partial charge in [0.1, 0.15) is 18.1 Å². The molecule has 0 aliphatic carbocycles. The highest BCUT2D eigenvalue weighted by Gasteiger charge is 2.30. The number of carboxylic acids is 1. The number of aliphatic hydroxyl groups excluding tert-OH is 1. The number of aliphatic carboxylic acids is 1. The number of aliphatic hydroxyl groups is 1. The summed E-state index contributed by atoms with van der Waals surface area (Å²) in [5.41, 5.74) is 5.40. The molecule has 1 aliphatic heterocycles. The smallest absolute Gasteiger partial charge is 0.326 e. The van der Waals surface area contributed by atoms with Crippen LogP contribution in [0.25, 0.3) is 0 Å². The van der Waals surface area contributed by atoms with Crippen molar-refractivity contribution in [1.29, 1.82) is 0 Å². The first-order chi connectivity index (χ1) is 14.8. The van der Waals surface area contributed by atoms with Crippen LogP contribution in [0, 0.1) is 0 Å². The van der Waals surface area contributed by atoms with E-state index in [4.69, 9.17) is 5.73 Å². The van der Waals surface area contributed by atoms with Gasteiger partial charge in [-0.3, -0.25) is 14.4 Å². The van der Waals surface area contributed by atoms with E-state index in [0.29, 0.717) is 38.0 Å². The number of nitrogens with two attached hydrogens (primary N) is 1. The van der Waals surface area contributed by atoms with Gasteiger partial charge in [-0.05, 0) is 63.6 Å². The Labute approximate surface area is 186 Å². The number of rotatable bonds is 15. The van der Waals surface area contributed by atoms with Gasteiger partial charge in [0.25, 0.3) is 0 Å². The summed E-state index contributed by atoms with van der Waals surface area (Å²) in [4.78, 5) is 49.0. The van der Waals surface area contributed by atoms with E-state index in [1.807, 2.05) is 6.26 Å². The topological polar surface area (TPSA) is 183 Å². The summed E-state index contributed by atoms with van der Waals surface area (Å²) in [5, 5.41) is 29.4. The van der Waals surface area contributed by atoms with Gasteiger partial charge in [-0.1, -0.05) is 0 Å². The second-order valence-corrected chi connectivity index (χ2v) is 8.40. The Hall–Kier alpha value is -1.89. The van der Waals surface area contributed by atoms with Crippen LogP contribution in [0.4, 0.5) is 0 Å². The molecular formula is C19H35N5O6S. The third-order valence-electron chi connectivity index (χ3n) is 5.00. The van der Waals surface area contributed by atoms with Crippen LogP contribution in [0.2, 0.25) is 0 Å². The number of nitrogens with one attached hydrogen (secondary N) is 4. The van der Waals surface area contributed by atoms with Gasteiger partial charge in [0.2, 0.25) is 17.7 Å². The number of amides is 3. The van der Waals surface area contributed by atoms with Crippen molar-refractivity contribution in [3.8, 4) is 0 Å². The molecule has 0 bridgehead atoms. The number of hydrogen-bond acceptors (Lipinski definition) is 8. The molecule has 12 heteroatoms. The zero-order chi connectivity index (χ0) is 23.2. The highest BCUT2D eigenvalue weighted by molar-refractivity contribution is 7.98. The molecule has 31 heavy (non-hydrogen) atoms. The number of unbranched alkanes of at least 4 members (excludes halogenated alkanes) is 1. The van der Waals surface area contributed by atoms with Crippen LogP contribution in [0.15, 0.2) is 0 Å². The third kappa shape index (κ3) is 9.85. The zero-order valence-electron chi connectivity index (χ0n) is 17.9. The Kier molecular flexibility index (Phi) is 13.1. The van der Waals surface area contributed by atoms with E-state index in [2.05, 4.69) is 21.3 Å². The van der Waals surface area contributed by atoms with E-state index in [-0.39, 0.29) is 18.4 Å². The number of thioether (sulfide) groups is 1. The maximum absolute atomic E-state index is 12.7. The average molecular weight is 462 g/mol. The summed E-state index contributed by atoms with van der Waals surface area (Å²) in [6, 6.07) is -3.71. The molecule has 1 saturated heterocycles. The van der Waals surface area contributed by atoms with Crippen molar-refractivity contribution in [3.05, 3.63) is 0 Å². The molecule has 1 rings (SSSR count). The molecule has 178 valence electrons. The van der Waals surface area contributed by atoms with Gasteiger partial charge in [-0.15, -0.1) is 0 Å². The Morgan fingerprint density at radius 3 is 2.29 bits per heavy atom. The van der Waals surface area contributed by atoms with Crippen LogP contribution in [-0.4, -0.2) is 89.8 Å². The highest BCUT2D eigenvalue weighted by Crippen LogP contribution is 2.08. The van der Waals surface area contributed by atoms with Crippen LogP contribution < -0.4 is 27.0 Å². The molecule has 4 unspecified atom stereocenters. The van der Waals surface area contributed by atoms with Crippen molar-refractivity contribution in [3.63, 3.8) is 0 Å². The van der Waals surface area contributed by atoms with E-state index < -0.39 is 42.5 Å². The molecular weight excluding hydrogens is 426 g/mol. The lowest BCUT2D eigenvalue weighted by Gasteiger charge is -2.24. The summed E-state index contributed by atoms with van der Waals surface area (Å²) in [7, 11) is 0. The quantitative estimate of drug-likeness (QED) is 0.138.